The Kier molecular flexibility index (Phi) is 4.24. The van der Waals surface area contributed by atoms with E-state index in [0.717, 1.165) is 17.6 Å². The molecule has 1 aliphatic rings. The first kappa shape index (κ1) is 11.9. The van der Waals surface area contributed by atoms with Crippen molar-refractivity contribution in [1.82, 2.24) is 4.90 Å². The summed E-state index contributed by atoms with van der Waals surface area (Å²) >= 11 is 1.65. The molecule has 0 bridgehead atoms. The molecule has 0 atom stereocenters. The fourth-order valence-corrected chi connectivity index (χ4v) is 3.24. The predicted octanol–water partition coefficient (Wildman–Crippen LogP) is 3.48. The Morgan fingerprint density at radius 3 is 2.56 bits per heavy atom. The van der Waals surface area contributed by atoms with E-state index in [0.29, 0.717) is 0 Å². The van der Waals surface area contributed by atoms with Crippen LogP contribution >= 0.6 is 11.3 Å². The van der Waals surface area contributed by atoms with Crippen LogP contribution in [0.15, 0.2) is 11.4 Å². The van der Waals surface area contributed by atoms with Gasteiger partial charge in [-0.2, -0.15) is 0 Å². The summed E-state index contributed by atoms with van der Waals surface area (Å²) in [6, 6.07) is 2.93. The normalized spacial score (nSPS) is 18.9. The monoisotopic (exact) mass is 238 g/mol. The van der Waals surface area contributed by atoms with Crippen molar-refractivity contribution < 1.29 is 0 Å². The van der Waals surface area contributed by atoms with Crippen molar-refractivity contribution in [3.8, 4) is 0 Å². The van der Waals surface area contributed by atoms with Crippen molar-refractivity contribution >= 4 is 16.3 Å². The summed E-state index contributed by atoms with van der Waals surface area (Å²) in [5, 5.41) is 3.08. The van der Waals surface area contributed by atoms with Gasteiger partial charge in [-0.05, 0) is 31.3 Å². The quantitative estimate of drug-likeness (QED) is 0.817. The van der Waals surface area contributed by atoms with Crippen LogP contribution in [0.1, 0.15) is 44.1 Å². The number of nitrogen functional groups attached to an aromatic ring is 1. The Balaban J connectivity index is 1.91. The lowest BCUT2D eigenvalue weighted by atomic mass is 10.1. The Morgan fingerprint density at radius 1 is 1.31 bits per heavy atom. The van der Waals surface area contributed by atoms with Gasteiger partial charge in [0.1, 0.15) is 0 Å². The van der Waals surface area contributed by atoms with E-state index in [-0.39, 0.29) is 0 Å². The molecule has 1 heterocycles. The maximum atomic E-state index is 5.94. The second-order valence-corrected chi connectivity index (χ2v) is 5.82. The van der Waals surface area contributed by atoms with Gasteiger partial charge >= 0.3 is 0 Å². The second kappa shape index (κ2) is 5.69. The molecule has 0 saturated heterocycles. The van der Waals surface area contributed by atoms with Gasteiger partial charge in [-0.25, -0.2) is 0 Å². The van der Waals surface area contributed by atoms with Gasteiger partial charge in [-0.1, -0.05) is 25.7 Å². The maximum absolute atomic E-state index is 5.94. The third kappa shape index (κ3) is 2.98. The van der Waals surface area contributed by atoms with Crippen molar-refractivity contribution in [3.05, 3.63) is 17.0 Å². The van der Waals surface area contributed by atoms with Gasteiger partial charge in [-0.3, -0.25) is 4.90 Å². The molecule has 1 aliphatic carbocycles. The van der Waals surface area contributed by atoms with Crippen LogP contribution in [0, 0.1) is 0 Å². The molecule has 0 spiro atoms. The summed E-state index contributed by atoms with van der Waals surface area (Å²) in [4.78, 5) is 2.49. The lowest BCUT2D eigenvalue weighted by molar-refractivity contribution is 0.213. The minimum absolute atomic E-state index is 0.766. The lowest BCUT2D eigenvalue weighted by Crippen LogP contribution is -2.30. The van der Waals surface area contributed by atoms with E-state index in [1.807, 2.05) is 0 Å². The fourth-order valence-electron chi connectivity index (χ4n) is 2.57. The molecule has 1 saturated carbocycles. The minimum Gasteiger partial charge on any atom is -0.390 e. The first-order valence-corrected chi connectivity index (χ1v) is 7.17. The second-order valence-electron chi connectivity index (χ2n) is 4.87. The van der Waals surface area contributed by atoms with Gasteiger partial charge < -0.3 is 5.73 Å². The Hall–Kier alpha value is -0.540. The van der Waals surface area contributed by atoms with E-state index >= 15 is 0 Å². The van der Waals surface area contributed by atoms with E-state index in [4.69, 9.17) is 5.73 Å². The number of nitrogens with two attached hydrogens (primary N) is 1. The van der Waals surface area contributed by atoms with Gasteiger partial charge in [-0.15, -0.1) is 11.3 Å². The number of anilines is 1. The molecule has 16 heavy (non-hydrogen) atoms. The smallest absolute Gasteiger partial charge is 0.0902 e. The van der Waals surface area contributed by atoms with Crippen LogP contribution in [0.25, 0.3) is 0 Å². The first-order valence-electron chi connectivity index (χ1n) is 6.29. The highest BCUT2D eigenvalue weighted by atomic mass is 32.1. The largest absolute Gasteiger partial charge is 0.390 e. The minimum atomic E-state index is 0.766. The zero-order valence-corrected chi connectivity index (χ0v) is 10.9. The molecule has 2 rings (SSSR count). The van der Waals surface area contributed by atoms with Crippen molar-refractivity contribution in [2.24, 2.45) is 0 Å². The summed E-state index contributed by atoms with van der Waals surface area (Å²) in [6.45, 7) is 1.01. The Labute approximate surface area is 102 Å². The standard InChI is InChI=1S/C13H22N2S/c1-15(10-11-8-9-16-13(11)14)12-6-4-2-3-5-7-12/h8-9,12H,2-7,10,14H2,1H3. The molecule has 0 radical (unpaired) electrons. The maximum Gasteiger partial charge on any atom is 0.0902 e. The van der Waals surface area contributed by atoms with E-state index in [1.54, 1.807) is 11.3 Å². The Morgan fingerprint density at radius 2 is 2.00 bits per heavy atom. The number of hydrogen-bond acceptors (Lipinski definition) is 3. The molecular weight excluding hydrogens is 216 g/mol. The van der Waals surface area contributed by atoms with Gasteiger partial charge in [0.25, 0.3) is 0 Å². The van der Waals surface area contributed by atoms with Crippen molar-refractivity contribution in [2.45, 2.75) is 51.1 Å². The average Bonchev–Trinajstić information content (AvgIpc) is 2.57. The summed E-state index contributed by atoms with van der Waals surface area (Å²) in [6.07, 6.45) is 8.36. The number of thiophene rings is 1. The molecule has 0 amide bonds. The summed E-state index contributed by atoms with van der Waals surface area (Å²) in [7, 11) is 2.24. The SMILES string of the molecule is CN(Cc1ccsc1N)C1CCCCCC1. The highest BCUT2D eigenvalue weighted by molar-refractivity contribution is 7.14. The zero-order valence-electron chi connectivity index (χ0n) is 10.1. The third-order valence-corrected chi connectivity index (χ3v) is 4.44. The fraction of sp³-hybridized carbons (Fsp3) is 0.692. The lowest BCUT2D eigenvalue weighted by Gasteiger charge is -2.26. The molecule has 90 valence electrons. The molecule has 0 unspecified atom stereocenters. The van der Waals surface area contributed by atoms with Crippen molar-refractivity contribution in [1.29, 1.82) is 0 Å². The van der Waals surface area contributed by atoms with Gasteiger partial charge in [0.05, 0.1) is 5.00 Å². The molecule has 1 aromatic rings. The van der Waals surface area contributed by atoms with Gasteiger partial charge in [0.2, 0.25) is 0 Å². The molecule has 3 heteroatoms. The van der Waals surface area contributed by atoms with Crippen molar-refractivity contribution in [3.63, 3.8) is 0 Å². The molecule has 1 fully saturated rings. The topological polar surface area (TPSA) is 29.3 Å². The molecule has 1 aromatic heterocycles. The van der Waals surface area contributed by atoms with E-state index < -0.39 is 0 Å². The highest BCUT2D eigenvalue weighted by Gasteiger charge is 2.17. The van der Waals surface area contributed by atoms with E-state index in [1.165, 1.54) is 44.1 Å². The van der Waals surface area contributed by atoms with Crippen LogP contribution in [0.5, 0.6) is 0 Å². The third-order valence-electron chi connectivity index (χ3n) is 3.65. The molecule has 2 nitrogen and oxygen atoms in total. The highest BCUT2D eigenvalue weighted by Crippen LogP contribution is 2.25. The first-order chi connectivity index (χ1) is 7.77. The van der Waals surface area contributed by atoms with Gasteiger partial charge in [0.15, 0.2) is 0 Å². The average molecular weight is 238 g/mol. The van der Waals surface area contributed by atoms with Crippen LogP contribution in [-0.2, 0) is 6.54 Å². The number of rotatable bonds is 3. The van der Waals surface area contributed by atoms with Crippen LogP contribution in [0.4, 0.5) is 5.00 Å². The molecule has 0 aliphatic heterocycles. The van der Waals surface area contributed by atoms with E-state index in [9.17, 15) is 0 Å². The van der Waals surface area contributed by atoms with Crippen molar-refractivity contribution in [2.75, 3.05) is 12.8 Å². The van der Waals surface area contributed by atoms with Crippen LogP contribution in [-0.4, -0.2) is 18.0 Å². The van der Waals surface area contributed by atoms with Crippen LogP contribution in [0.2, 0.25) is 0 Å². The molecule has 0 aromatic carbocycles. The number of nitrogens with zero attached hydrogens (tertiary/aromatic N) is 1. The summed E-state index contributed by atoms with van der Waals surface area (Å²) in [5.74, 6) is 0. The van der Waals surface area contributed by atoms with E-state index in [2.05, 4.69) is 23.4 Å². The van der Waals surface area contributed by atoms with Gasteiger partial charge in [0, 0.05) is 18.2 Å². The molecule has 2 N–H and O–H groups in total. The zero-order chi connectivity index (χ0) is 11.4. The Bertz CT molecular complexity index is 313. The summed E-state index contributed by atoms with van der Waals surface area (Å²) in [5.41, 5.74) is 7.24. The number of hydrogen-bond donors (Lipinski definition) is 1. The van der Waals surface area contributed by atoms with Crippen LogP contribution in [0.3, 0.4) is 0 Å². The molecular formula is C13H22N2S. The predicted molar refractivity (Wildman–Crippen MR) is 71.7 cm³/mol. The summed E-state index contributed by atoms with van der Waals surface area (Å²) < 4.78 is 0. The van der Waals surface area contributed by atoms with Crippen LogP contribution < -0.4 is 5.73 Å².